The first-order valence-electron chi connectivity index (χ1n) is 5.44. The Bertz CT molecular complexity index is 522. The van der Waals surface area contributed by atoms with Gasteiger partial charge in [-0.05, 0) is 37.1 Å². The monoisotopic (exact) mass is 247 g/mol. The summed E-state index contributed by atoms with van der Waals surface area (Å²) >= 11 is 5.77. The number of hydrogen-bond donors (Lipinski definition) is 1. The first-order chi connectivity index (χ1) is 8.08. The summed E-state index contributed by atoms with van der Waals surface area (Å²) in [5.41, 5.74) is 3.74. The minimum absolute atomic E-state index is 0.571. The van der Waals surface area contributed by atoms with Crippen LogP contribution in [0.15, 0.2) is 36.5 Å². The molecule has 2 aromatic rings. The van der Waals surface area contributed by atoms with Gasteiger partial charge in [0.25, 0.3) is 0 Å². The molecule has 3 heteroatoms. The lowest BCUT2D eigenvalue weighted by Gasteiger charge is -2.13. The van der Waals surface area contributed by atoms with Crippen molar-refractivity contribution in [3.8, 4) is 0 Å². The molecule has 0 spiro atoms. The largest absolute Gasteiger partial charge is 0.382 e. The van der Waals surface area contributed by atoms with Gasteiger partial charge in [0.2, 0.25) is 0 Å². The van der Waals surface area contributed by atoms with Gasteiger partial charge in [0, 0.05) is 6.20 Å². The van der Waals surface area contributed by atoms with Gasteiger partial charge in [0.1, 0.15) is 6.10 Å². The molecule has 88 valence electrons. The van der Waals surface area contributed by atoms with E-state index in [9.17, 15) is 5.11 Å². The van der Waals surface area contributed by atoms with Crippen molar-refractivity contribution in [3.05, 3.63) is 63.9 Å². The van der Waals surface area contributed by atoms with E-state index in [2.05, 4.69) is 11.1 Å². The number of aromatic nitrogens is 1. The minimum atomic E-state index is -0.701. The molecule has 0 aliphatic rings. The Balaban J connectivity index is 2.36. The lowest BCUT2D eigenvalue weighted by atomic mass is 9.99. The van der Waals surface area contributed by atoms with Crippen LogP contribution in [0.1, 0.15) is 28.5 Å². The number of aryl methyl sites for hydroxylation is 2. The number of benzene rings is 1. The summed E-state index contributed by atoms with van der Waals surface area (Å²) in [6.45, 7) is 4.02. The number of pyridine rings is 1. The molecular weight excluding hydrogens is 234 g/mol. The number of aliphatic hydroxyl groups excluding tert-OH is 1. The second-order valence-electron chi connectivity index (χ2n) is 4.16. The fraction of sp³-hybridized carbons (Fsp3) is 0.214. The van der Waals surface area contributed by atoms with Crippen LogP contribution in [0, 0.1) is 13.8 Å². The molecule has 1 unspecified atom stereocenters. The second-order valence-corrected chi connectivity index (χ2v) is 4.60. The van der Waals surface area contributed by atoms with Gasteiger partial charge in [0.05, 0.1) is 10.7 Å². The van der Waals surface area contributed by atoms with Gasteiger partial charge in [-0.3, -0.25) is 4.98 Å². The maximum absolute atomic E-state index is 10.2. The smallest absolute Gasteiger partial charge is 0.121 e. The van der Waals surface area contributed by atoms with Crippen LogP contribution in [0.4, 0.5) is 0 Å². The molecule has 0 radical (unpaired) electrons. The van der Waals surface area contributed by atoms with E-state index in [4.69, 9.17) is 11.6 Å². The van der Waals surface area contributed by atoms with Gasteiger partial charge in [-0.25, -0.2) is 0 Å². The zero-order chi connectivity index (χ0) is 12.4. The average Bonchev–Trinajstić information content (AvgIpc) is 2.29. The van der Waals surface area contributed by atoms with Crippen LogP contribution in [0.25, 0.3) is 0 Å². The zero-order valence-electron chi connectivity index (χ0n) is 9.81. The molecule has 1 N–H and O–H groups in total. The summed E-state index contributed by atoms with van der Waals surface area (Å²) < 4.78 is 0. The Labute approximate surface area is 106 Å². The number of aliphatic hydroxyl groups is 1. The van der Waals surface area contributed by atoms with Crippen LogP contribution < -0.4 is 0 Å². The molecule has 2 nitrogen and oxygen atoms in total. The summed E-state index contributed by atoms with van der Waals surface area (Å²) in [4.78, 5) is 4.14. The number of hydrogen-bond acceptors (Lipinski definition) is 2. The fourth-order valence-corrected chi connectivity index (χ4v) is 1.95. The van der Waals surface area contributed by atoms with Crippen molar-refractivity contribution in [3.63, 3.8) is 0 Å². The molecule has 0 saturated carbocycles. The SMILES string of the molecule is Cc1ccc(C(O)c2ccc(Cl)cn2)c(C)c1. The third-order valence-corrected chi connectivity index (χ3v) is 2.97. The topological polar surface area (TPSA) is 33.1 Å². The predicted octanol–water partition coefficient (Wildman–Crippen LogP) is 3.43. The molecule has 1 aromatic carbocycles. The van der Waals surface area contributed by atoms with E-state index in [1.54, 1.807) is 18.3 Å². The fourth-order valence-electron chi connectivity index (χ4n) is 1.84. The highest BCUT2D eigenvalue weighted by Crippen LogP contribution is 2.24. The first-order valence-corrected chi connectivity index (χ1v) is 5.82. The van der Waals surface area contributed by atoms with Crippen molar-refractivity contribution in [2.75, 3.05) is 0 Å². The molecule has 0 saturated heterocycles. The highest BCUT2D eigenvalue weighted by atomic mass is 35.5. The second kappa shape index (κ2) is 4.86. The summed E-state index contributed by atoms with van der Waals surface area (Å²) in [7, 11) is 0. The lowest BCUT2D eigenvalue weighted by Crippen LogP contribution is -2.04. The highest BCUT2D eigenvalue weighted by molar-refractivity contribution is 6.30. The van der Waals surface area contributed by atoms with Crippen molar-refractivity contribution in [2.24, 2.45) is 0 Å². The molecule has 0 bridgehead atoms. The molecule has 0 amide bonds. The van der Waals surface area contributed by atoms with Crippen molar-refractivity contribution >= 4 is 11.6 Å². The molecule has 1 heterocycles. The van der Waals surface area contributed by atoms with Crippen molar-refractivity contribution in [1.29, 1.82) is 0 Å². The Morgan fingerprint density at radius 2 is 1.94 bits per heavy atom. The third-order valence-electron chi connectivity index (χ3n) is 2.75. The Hall–Kier alpha value is -1.38. The van der Waals surface area contributed by atoms with Gasteiger partial charge in [0.15, 0.2) is 0 Å². The maximum Gasteiger partial charge on any atom is 0.121 e. The Kier molecular flexibility index (Phi) is 3.46. The molecule has 0 aliphatic carbocycles. The molecule has 0 fully saturated rings. The molecular formula is C14H14ClNO. The zero-order valence-corrected chi connectivity index (χ0v) is 10.6. The van der Waals surface area contributed by atoms with Crippen LogP contribution in [-0.2, 0) is 0 Å². The van der Waals surface area contributed by atoms with Crippen molar-refractivity contribution in [1.82, 2.24) is 4.98 Å². The Morgan fingerprint density at radius 3 is 2.53 bits per heavy atom. The van der Waals surface area contributed by atoms with Crippen LogP contribution in [0.3, 0.4) is 0 Å². The molecule has 1 aromatic heterocycles. The highest BCUT2D eigenvalue weighted by Gasteiger charge is 2.13. The summed E-state index contributed by atoms with van der Waals surface area (Å²) in [5.74, 6) is 0. The van der Waals surface area contributed by atoms with E-state index < -0.39 is 6.10 Å². The van der Waals surface area contributed by atoms with Gasteiger partial charge in [-0.1, -0.05) is 35.4 Å². The molecule has 0 aliphatic heterocycles. The van der Waals surface area contributed by atoms with E-state index in [1.807, 2.05) is 26.0 Å². The summed E-state index contributed by atoms with van der Waals surface area (Å²) in [6.07, 6.45) is 0.844. The van der Waals surface area contributed by atoms with E-state index in [0.717, 1.165) is 11.1 Å². The standard InChI is InChI=1S/C14H14ClNO/c1-9-3-5-12(10(2)7-9)14(17)13-6-4-11(15)8-16-13/h3-8,14,17H,1-2H3. The Morgan fingerprint density at radius 1 is 1.18 bits per heavy atom. The predicted molar refractivity (Wildman–Crippen MR) is 69.2 cm³/mol. The summed E-state index contributed by atoms with van der Waals surface area (Å²) in [6, 6.07) is 9.45. The van der Waals surface area contributed by atoms with Crippen LogP contribution >= 0.6 is 11.6 Å². The maximum atomic E-state index is 10.2. The van der Waals surface area contributed by atoms with Crippen LogP contribution in [0.2, 0.25) is 5.02 Å². The average molecular weight is 248 g/mol. The number of nitrogens with zero attached hydrogens (tertiary/aromatic N) is 1. The molecule has 2 rings (SSSR count). The van der Waals surface area contributed by atoms with Crippen molar-refractivity contribution < 1.29 is 5.11 Å². The quantitative estimate of drug-likeness (QED) is 0.882. The first kappa shape index (κ1) is 12.1. The van der Waals surface area contributed by atoms with Gasteiger partial charge >= 0.3 is 0 Å². The number of rotatable bonds is 2. The van der Waals surface area contributed by atoms with Gasteiger partial charge in [-0.2, -0.15) is 0 Å². The van der Waals surface area contributed by atoms with Crippen LogP contribution in [-0.4, -0.2) is 10.1 Å². The normalized spacial score (nSPS) is 12.5. The van der Waals surface area contributed by atoms with E-state index in [-0.39, 0.29) is 0 Å². The van der Waals surface area contributed by atoms with Gasteiger partial charge in [-0.15, -0.1) is 0 Å². The third kappa shape index (κ3) is 2.65. The van der Waals surface area contributed by atoms with E-state index in [0.29, 0.717) is 10.7 Å². The van der Waals surface area contributed by atoms with Gasteiger partial charge < -0.3 is 5.11 Å². The lowest BCUT2D eigenvalue weighted by molar-refractivity contribution is 0.214. The minimum Gasteiger partial charge on any atom is -0.382 e. The molecule has 1 atom stereocenters. The van der Waals surface area contributed by atoms with E-state index >= 15 is 0 Å². The van der Waals surface area contributed by atoms with Crippen molar-refractivity contribution in [2.45, 2.75) is 20.0 Å². The molecule has 17 heavy (non-hydrogen) atoms. The number of halogens is 1. The summed E-state index contributed by atoms with van der Waals surface area (Å²) in [5, 5.41) is 10.8. The van der Waals surface area contributed by atoms with Crippen LogP contribution in [0.5, 0.6) is 0 Å². The van der Waals surface area contributed by atoms with E-state index in [1.165, 1.54) is 5.56 Å².